The normalized spacial score (nSPS) is 18.6. The zero-order valence-electron chi connectivity index (χ0n) is 17.8. The van der Waals surface area contributed by atoms with Crippen molar-refractivity contribution in [1.82, 2.24) is 4.90 Å². The Hall–Kier alpha value is -3.32. The van der Waals surface area contributed by atoms with Crippen molar-refractivity contribution in [2.75, 3.05) is 26.0 Å². The third-order valence-corrected chi connectivity index (χ3v) is 6.48. The zero-order valence-corrected chi connectivity index (χ0v) is 18.6. The van der Waals surface area contributed by atoms with Crippen molar-refractivity contribution >= 4 is 28.9 Å². The predicted molar refractivity (Wildman–Crippen MR) is 127 cm³/mol. The number of nitrogens with two attached hydrogens (primary N) is 1. The van der Waals surface area contributed by atoms with Gasteiger partial charge in [0.15, 0.2) is 5.96 Å². The minimum Gasteiger partial charge on any atom is -0.494 e. The van der Waals surface area contributed by atoms with Crippen LogP contribution in [0.1, 0.15) is 29.3 Å². The van der Waals surface area contributed by atoms with Crippen LogP contribution >= 0.6 is 11.3 Å². The van der Waals surface area contributed by atoms with Gasteiger partial charge in [-0.3, -0.25) is 9.69 Å². The van der Waals surface area contributed by atoms with E-state index in [1.54, 1.807) is 18.4 Å². The van der Waals surface area contributed by atoms with Crippen LogP contribution in [0.3, 0.4) is 0 Å². The van der Waals surface area contributed by atoms with E-state index >= 15 is 0 Å². The number of carbonyl (C=O) groups is 1. The van der Waals surface area contributed by atoms with Crippen molar-refractivity contribution < 1.29 is 9.53 Å². The van der Waals surface area contributed by atoms with Gasteiger partial charge in [-0.15, -0.1) is 11.3 Å². The number of carbonyl (C=O) groups excluding carboxylic acids is 1. The second-order valence-electron chi connectivity index (χ2n) is 7.38. The number of anilines is 1. The van der Waals surface area contributed by atoms with Crippen LogP contribution in [-0.4, -0.2) is 37.5 Å². The monoisotopic (exact) mass is 434 g/mol. The van der Waals surface area contributed by atoms with E-state index in [0.29, 0.717) is 6.61 Å². The fourth-order valence-corrected chi connectivity index (χ4v) is 4.75. The van der Waals surface area contributed by atoms with Gasteiger partial charge < -0.3 is 15.8 Å². The fraction of sp³-hybridized carbons (Fsp3) is 0.250. The van der Waals surface area contributed by atoms with Gasteiger partial charge in [-0.1, -0.05) is 24.3 Å². The molecule has 0 radical (unpaired) electrons. The summed E-state index contributed by atoms with van der Waals surface area (Å²) >= 11 is 1.60. The number of nitrogens with one attached hydrogen (secondary N) is 1. The van der Waals surface area contributed by atoms with E-state index in [1.807, 2.05) is 50.4 Å². The van der Waals surface area contributed by atoms with Crippen molar-refractivity contribution in [2.24, 2.45) is 10.7 Å². The first kappa shape index (κ1) is 20.9. The molecule has 0 saturated heterocycles. The Morgan fingerprint density at radius 3 is 2.65 bits per heavy atom. The Morgan fingerprint density at radius 2 is 1.94 bits per heavy atom. The van der Waals surface area contributed by atoms with Crippen molar-refractivity contribution in [3.05, 3.63) is 70.4 Å². The molecule has 4 rings (SSSR count). The highest BCUT2D eigenvalue weighted by Crippen LogP contribution is 2.42. The van der Waals surface area contributed by atoms with Crippen LogP contribution < -0.4 is 15.8 Å². The van der Waals surface area contributed by atoms with E-state index in [-0.39, 0.29) is 17.9 Å². The second kappa shape index (κ2) is 8.81. The molecule has 7 heteroatoms. The third kappa shape index (κ3) is 4.14. The molecule has 3 N–H and O–H groups in total. The van der Waals surface area contributed by atoms with Gasteiger partial charge in [0.1, 0.15) is 11.8 Å². The van der Waals surface area contributed by atoms with Crippen molar-refractivity contribution in [3.8, 4) is 16.9 Å². The number of guanidine groups is 1. The lowest BCUT2D eigenvalue weighted by atomic mass is 9.88. The third-order valence-electron chi connectivity index (χ3n) is 5.47. The van der Waals surface area contributed by atoms with Gasteiger partial charge in [0.2, 0.25) is 5.91 Å². The zero-order chi connectivity index (χ0) is 22.0. The molecule has 0 spiro atoms. The van der Waals surface area contributed by atoms with Gasteiger partial charge in [0, 0.05) is 24.7 Å². The molecule has 160 valence electrons. The summed E-state index contributed by atoms with van der Waals surface area (Å²) in [6, 6.07) is 17.7. The lowest BCUT2D eigenvalue weighted by Gasteiger charge is -2.32. The van der Waals surface area contributed by atoms with Crippen LogP contribution in [0, 0.1) is 0 Å². The highest BCUT2D eigenvalue weighted by atomic mass is 32.1. The highest BCUT2D eigenvalue weighted by molar-refractivity contribution is 7.10. The van der Waals surface area contributed by atoms with Gasteiger partial charge in [-0.25, -0.2) is 4.99 Å². The molecule has 0 fully saturated rings. The Labute approximate surface area is 186 Å². The number of hydrogen-bond donors (Lipinski definition) is 2. The van der Waals surface area contributed by atoms with Crippen LogP contribution in [0.15, 0.2) is 65.0 Å². The molecule has 1 aliphatic heterocycles. The molecular weight excluding hydrogens is 408 g/mol. The molecule has 6 nitrogen and oxygen atoms in total. The van der Waals surface area contributed by atoms with Gasteiger partial charge in [0.05, 0.1) is 12.5 Å². The molecule has 31 heavy (non-hydrogen) atoms. The summed E-state index contributed by atoms with van der Waals surface area (Å²) < 4.78 is 5.55. The number of thiophene rings is 1. The van der Waals surface area contributed by atoms with Crippen LogP contribution in [0.5, 0.6) is 5.75 Å². The second-order valence-corrected chi connectivity index (χ2v) is 8.32. The smallest absolute Gasteiger partial charge is 0.239 e. The first-order valence-corrected chi connectivity index (χ1v) is 11.1. The minimum absolute atomic E-state index is 0.0613. The average molecular weight is 435 g/mol. The summed E-state index contributed by atoms with van der Waals surface area (Å²) in [4.78, 5) is 20.4. The molecule has 3 aromatic rings. The van der Waals surface area contributed by atoms with E-state index in [9.17, 15) is 4.79 Å². The number of aliphatic imine (C=N–C) groups is 1. The first-order valence-electron chi connectivity index (χ1n) is 10.2. The van der Waals surface area contributed by atoms with E-state index < -0.39 is 5.92 Å². The number of rotatable bonds is 6. The molecule has 2 atom stereocenters. The summed E-state index contributed by atoms with van der Waals surface area (Å²) in [7, 11) is 3.57. The summed E-state index contributed by atoms with van der Waals surface area (Å²) in [6.07, 6.45) is 0. The van der Waals surface area contributed by atoms with Gasteiger partial charge in [-0.2, -0.15) is 0 Å². The van der Waals surface area contributed by atoms with E-state index in [2.05, 4.69) is 28.9 Å². The topological polar surface area (TPSA) is 80.0 Å². The summed E-state index contributed by atoms with van der Waals surface area (Å²) in [6.45, 7) is 2.54. The SMILES string of the molecule is CCOc1ccc([C@H]2C(=O)N(C)C(N)=N[C@@H]2c2cc(-c3cccc(NC)c3)cs2)cc1. The minimum atomic E-state index is -0.442. The quantitative estimate of drug-likeness (QED) is 0.600. The van der Waals surface area contributed by atoms with Gasteiger partial charge >= 0.3 is 0 Å². The Kier molecular flexibility index (Phi) is 5.95. The maximum Gasteiger partial charge on any atom is 0.239 e. The molecule has 1 aliphatic rings. The summed E-state index contributed by atoms with van der Waals surface area (Å²) in [5.74, 6) is 0.520. The van der Waals surface area contributed by atoms with Crippen LogP contribution in [-0.2, 0) is 4.79 Å². The first-order chi connectivity index (χ1) is 15.0. The molecule has 0 aliphatic carbocycles. The summed E-state index contributed by atoms with van der Waals surface area (Å²) in [5.41, 5.74) is 10.2. The van der Waals surface area contributed by atoms with Gasteiger partial charge in [0.25, 0.3) is 0 Å². The molecule has 1 amide bonds. The number of benzene rings is 2. The van der Waals surface area contributed by atoms with E-state index in [0.717, 1.165) is 33.0 Å². The Morgan fingerprint density at radius 1 is 1.16 bits per heavy atom. The lowest BCUT2D eigenvalue weighted by molar-refractivity contribution is -0.129. The number of likely N-dealkylation sites (N-methyl/N-ethyl adjacent to an activating group) is 1. The number of ether oxygens (including phenoxy) is 1. The molecule has 0 saturated carbocycles. The van der Waals surface area contributed by atoms with E-state index in [4.69, 9.17) is 15.5 Å². The fourth-order valence-electron chi connectivity index (χ4n) is 3.76. The number of nitrogens with zero attached hydrogens (tertiary/aromatic N) is 2. The highest BCUT2D eigenvalue weighted by Gasteiger charge is 2.39. The number of hydrogen-bond acceptors (Lipinski definition) is 6. The van der Waals surface area contributed by atoms with Crippen molar-refractivity contribution in [3.63, 3.8) is 0 Å². The molecular formula is C24H26N4O2S. The van der Waals surface area contributed by atoms with Crippen LogP contribution in [0.2, 0.25) is 0 Å². The van der Waals surface area contributed by atoms with E-state index in [1.165, 1.54) is 4.90 Å². The maximum absolute atomic E-state index is 13.2. The van der Waals surface area contributed by atoms with Crippen molar-refractivity contribution in [1.29, 1.82) is 0 Å². The van der Waals surface area contributed by atoms with Crippen LogP contribution in [0.4, 0.5) is 5.69 Å². The van der Waals surface area contributed by atoms with Crippen LogP contribution in [0.25, 0.3) is 11.1 Å². The Bertz CT molecular complexity index is 1110. The van der Waals surface area contributed by atoms with Crippen molar-refractivity contribution in [2.45, 2.75) is 18.9 Å². The summed E-state index contributed by atoms with van der Waals surface area (Å²) in [5, 5.41) is 5.28. The predicted octanol–water partition coefficient (Wildman–Crippen LogP) is 4.47. The standard InChI is InChI=1S/C24H26N4O2S/c1-4-30-19-10-8-15(9-11-19)21-22(27-24(25)28(3)23(21)29)20-13-17(14-31-20)16-6-5-7-18(12-16)26-2/h5-14,21-22,26H,4H2,1-3H3,(H2,25,27)/t21-,22-/m1/s1. The molecule has 1 aromatic heterocycles. The maximum atomic E-state index is 13.2. The average Bonchev–Trinajstić information content (AvgIpc) is 3.28. The lowest BCUT2D eigenvalue weighted by Crippen LogP contribution is -2.46. The molecule has 0 unspecified atom stereocenters. The molecule has 2 aromatic carbocycles. The number of amides is 1. The molecule has 2 heterocycles. The molecule has 0 bridgehead atoms. The Balaban J connectivity index is 1.72. The van der Waals surface area contributed by atoms with Gasteiger partial charge in [-0.05, 0) is 59.3 Å². The largest absolute Gasteiger partial charge is 0.494 e.